The van der Waals surface area contributed by atoms with Crippen LogP contribution in [-0.4, -0.2) is 23.1 Å². The van der Waals surface area contributed by atoms with Crippen molar-refractivity contribution in [2.45, 2.75) is 0 Å². The number of hydrogen-bond acceptors (Lipinski definition) is 2. The van der Waals surface area contributed by atoms with Crippen LogP contribution in [0.2, 0.25) is 0 Å². The molecule has 1 aromatic heterocycles. The average molecular weight is 366 g/mol. The number of carboxylic acid groups (broad SMARTS) is 1. The van der Waals surface area contributed by atoms with Crippen molar-refractivity contribution in [2.75, 3.05) is 12.4 Å². The Morgan fingerprint density at radius 2 is 1.86 bits per heavy atom. The molecule has 28 heavy (non-hydrogen) atoms. The fourth-order valence-electron chi connectivity index (χ4n) is 3.24. The van der Waals surface area contributed by atoms with Crippen molar-refractivity contribution in [1.82, 2.24) is 4.98 Å². The van der Waals surface area contributed by atoms with E-state index in [0.29, 0.717) is 11.1 Å². The van der Waals surface area contributed by atoms with Crippen molar-refractivity contribution in [3.63, 3.8) is 0 Å². The number of nitrogens with one attached hydrogen (secondary N) is 2. The van der Waals surface area contributed by atoms with Gasteiger partial charge in [0.25, 0.3) is 0 Å². The van der Waals surface area contributed by atoms with E-state index in [1.807, 2.05) is 67.8 Å². The highest BCUT2D eigenvalue weighted by molar-refractivity contribution is 5.99. The number of rotatable bonds is 3. The van der Waals surface area contributed by atoms with Crippen molar-refractivity contribution < 1.29 is 9.90 Å². The molecule has 0 amide bonds. The van der Waals surface area contributed by atoms with Crippen LogP contribution in [0.4, 0.5) is 5.69 Å². The lowest BCUT2D eigenvalue weighted by Crippen LogP contribution is -2.01. The Labute approximate surface area is 162 Å². The van der Waals surface area contributed by atoms with Crippen LogP contribution >= 0.6 is 0 Å². The zero-order chi connectivity index (χ0) is 19.5. The SMILES string of the molecule is CNc1cccc(C#Cc2cccc(C(=O)O)c2-c2ccc3cc[nH]c3c2)c1. The third-order valence-electron chi connectivity index (χ3n) is 4.63. The van der Waals surface area contributed by atoms with Crippen LogP contribution in [0.3, 0.4) is 0 Å². The molecule has 0 aliphatic carbocycles. The van der Waals surface area contributed by atoms with E-state index in [2.05, 4.69) is 22.1 Å². The number of fused-ring (bicyclic) bond motifs is 1. The lowest BCUT2D eigenvalue weighted by molar-refractivity contribution is 0.0697. The lowest BCUT2D eigenvalue weighted by Gasteiger charge is -2.10. The average Bonchev–Trinajstić information content (AvgIpc) is 3.20. The second kappa shape index (κ2) is 7.34. The standard InChI is InChI=1S/C24H18N2O2/c1-25-20-6-2-4-16(14-20)8-9-18-5-3-7-21(24(27)28)23(18)19-11-10-17-12-13-26-22(17)15-19/h2-7,10-15,25-26H,1H3,(H,27,28). The number of aromatic nitrogens is 1. The van der Waals surface area contributed by atoms with E-state index in [4.69, 9.17) is 0 Å². The first-order chi connectivity index (χ1) is 13.7. The number of H-pyrrole nitrogens is 1. The summed E-state index contributed by atoms with van der Waals surface area (Å²) >= 11 is 0. The number of hydrogen-bond donors (Lipinski definition) is 3. The molecule has 4 rings (SSSR count). The van der Waals surface area contributed by atoms with Gasteiger partial charge in [-0.05, 0) is 53.4 Å². The number of carboxylic acids is 1. The Hall–Kier alpha value is -3.97. The summed E-state index contributed by atoms with van der Waals surface area (Å²) in [5.74, 6) is 5.35. The molecular formula is C24H18N2O2. The summed E-state index contributed by atoms with van der Waals surface area (Å²) in [6, 6.07) is 20.8. The van der Waals surface area contributed by atoms with Gasteiger partial charge in [0.1, 0.15) is 0 Å². The summed E-state index contributed by atoms with van der Waals surface area (Å²) < 4.78 is 0. The highest BCUT2D eigenvalue weighted by Gasteiger charge is 2.15. The van der Waals surface area contributed by atoms with Gasteiger partial charge in [-0.25, -0.2) is 4.79 Å². The predicted octanol–water partition coefficient (Wildman–Crippen LogP) is 4.97. The smallest absolute Gasteiger partial charge is 0.336 e. The van der Waals surface area contributed by atoms with E-state index in [1.54, 1.807) is 12.1 Å². The van der Waals surface area contributed by atoms with Crippen LogP contribution < -0.4 is 5.32 Å². The van der Waals surface area contributed by atoms with Crippen LogP contribution in [0, 0.1) is 11.8 Å². The van der Waals surface area contributed by atoms with Crippen molar-refractivity contribution >= 4 is 22.6 Å². The van der Waals surface area contributed by atoms with Crippen LogP contribution in [0.15, 0.2) is 72.9 Å². The van der Waals surface area contributed by atoms with Crippen LogP contribution in [-0.2, 0) is 0 Å². The van der Waals surface area contributed by atoms with E-state index >= 15 is 0 Å². The Morgan fingerprint density at radius 3 is 2.68 bits per heavy atom. The van der Waals surface area contributed by atoms with Crippen LogP contribution in [0.1, 0.15) is 21.5 Å². The molecule has 4 aromatic rings. The zero-order valence-electron chi connectivity index (χ0n) is 15.3. The third kappa shape index (κ3) is 3.34. The molecule has 0 aliphatic rings. The van der Waals surface area contributed by atoms with Crippen LogP contribution in [0.25, 0.3) is 22.0 Å². The van der Waals surface area contributed by atoms with E-state index in [9.17, 15) is 9.90 Å². The molecule has 0 saturated carbocycles. The third-order valence-corrected chi connectivity index (χ3v) is 4.63. The second-order valence-electron chi connectivity index (χ2n) is 6.39. The van der Waals surface area contributed by atoms with Gasteiger partial charge in [-0.1, -0.05) is 36.1 Å². The minimum Gasteiger partial charge on any atom is -0.478 e. The van der Waals surface area contributed by atoms with Crippen LogP contribution in [0.5, 0.6) is 0 Å². The van der Waals surface area contributed by atoms with Crippen molar-refractivity contribution in [2.24, 2.45) is 0 Å². The summed E-state index contributed by atoms with van der Waals surface area (Å²) in [4.78, 5) is 15.0. The van der Waals surface area contributed by atoms with Gasteiger partial charge in [0.15, 0.2) is 0 Å². The summed E-state index contributed by atoms with van der Waals surface area (Å²) in [5, 5.41) is 13.9. The van der Waals surface area contributed by atoms with Gasteiger partial charge in [-0.2, -0.15) is 0 Å². The molecule has 4 nitrogen and oxygen atoms in total. The molecule has 0 radical (unpaired) electrons. The molecule has 0 aliphatic heterocycles. The van der Waals surface area contributed by atoms with E-state index in [0.717, 1.165) is 27.7 Å². The molecule has 0 unspecified atom stereocenters. The molecule has 3 aromatic carbocycles. The Morgan fingerprint density at radius 1 is 1.00 bits per heavy atom. The van der Waals surface area contributed by atoms with Gasteiger partial charge in [0, 0.05) is 41.1 Å². The largest absolute Gasteiger partial charge is 0.478 e. The van der Waals surface area contributed by atoms with Gasteiger partial charge in [-0.15, -0.1) is 0 Å². The summed E-state index contributed by atoms with van der Waals surface area (Å²) in [5.41, 5.74) is 5.16. The first kappa shape index (κ1) is 17.4. The van der Waals surface area contributed by atoms with Gasteiger partial charge in [0.2, 0.25) is 0 Å². The molecule has 136 valence electrons. The number of anilines is 1. The molecule has 1 heterocycles. The fourth-order valence-corrected chi connectivity index (χ4v) is 3.24. The summed E-state index contributed by atoms with van der Waals surface area (Å²) in [6.45, 7) is 0. The monoisotopic (exact) mass is 366 g/mol. The van der Waals surface area contributed by atoms with Crippen molar-refractivity contribution in [3.8, 4) is 23.0 Å². The van der Waals surface area contributed by atoms with E-state index in [1.165, 1.54) is 0 Å². The molecule has 0 atom stereocenters. The van der Waals surface area contributed by atoms with E-state index in [-0.39, 0.29) is 5.56 Å². The molecule has 0 fully saturated rings. The number of benzene rings is 3. The first-order valence-electron chi connectivity index (χ1n) is 8.89. The Balaban J connectivity index is 1.87. The molecule has 0 saturated heterocycles. The highest BCUT2D eigenvalue weighted by atomic mass is 16.4. The molecule has 0 spiro atoms. The number of carbonyl (C=O) groups is 1. The zero-order valence-corrected chi connectivity index (χ0v) is 15.3. The molecular weight excluding hydrogens is 348 g/mol. The maximum absolute atomic E-state index is 11.9. The lowest BCUT2D eigenvalue weighted by atomic mass is 9.93. The summed E-state index contributed by atoms with van der Waals surface area (Å²) in [7, 11) is 1.86. The quantitative estimate of drug-likeness (QED) is 0.448. The van der Waals surface area contributed by atoms with Crippen molar-refractivity contribution in [1.29, 1.82) is 0 Å². The molecule has 3 N–H and O–H groups in total. The van der Waals surface area contributed by atoms with Crippen molar-refractivity contribution in [3.05, 3.63) is 89.6 Å². The van der Waals surface area contributed by atoms with Gasteiger partial charge in [0.05, 0.1) is 5.56 Å². The molecule has 4 heteroatoms. The van der Waals surface area contributed by atoms with Gasteiger partial charge >= 0.3 is 5.97 Å². The number of aromatic amines is 1. The maximum atomic E-state index is 11.9. The van der Waals surface area contributed by atoms with E-state index < -0.39 is 5.97 Å². The Kier molecular flexibility index (Phi) is 4.57. The topological polar surface area (TPSA) is 65.1 Å². The minimum absolute atomic E-state index is 0.238. The Bertz CT molecular complexity index is 1240. The van der Waals surface area contributed by atoms with Gasteiger partial charge in [-0.3, -0.25) is 0 Å². The number of aromatic carboxylic acids is 1. The first-order valence-corrected chi connectivity index (χ1v) is 8.89. The molecule has 0 bridgehead atoms. The minimum atomic E-state index is -0.970. The maximum Gasteiger partial charge on any atom is 0.336 e. The second-order valence-corrected chi connectivity index (χ2v) is 6.39. The predicted molar refractivity (Wildman–Crippen MR) is 113 cm³/mol. The highest BCUT2D eigenvalue weighted by Crippen LogP contribution is 2.30. The normalized spacial score (nSPS) is 10.3. The van der Waals surface area contributed by atoms with Gasteiger partial charge < -0.3 is 15.4 Å². The summed E-state index contributed by atoms with van der Waals surface area (Å²) in [6.07, 6.45) is 1.87. The fraction of sp³-hybridized carbons (Fsp3) is 0.0417.